The van der Waals surface area contributed by atoms with Gasteiger partial charge < -0.3 is 4.57 Å². The summed E-state index contributed by atoms with van der Waals surface area (Å²) in [5, 5.41) is 4.97. The summed E-state index contributed by atoms with van der Waals surface area (Å²) in [6.07, 6.45) is 2.86. The third-order valence-corrected chi connectivity index (χ3v) is 4.03. The molecule has 0 unspecified atom stereocenters. The Morgan fingerprint density at radius 1 is 1.38 bits per heavy atom. The van der Waals surface area contributed by atoms with Crippen LogP contribution in [0.4, 0.5) is 4.39 Å². The second kappa shape index (κ2) is 5.95. The molecule has 1 aromatic heterocycles. The molecule has 0 radical (unpaired) electrons. The lowest BCUT2D eigenvalue weighted by molar-refractivity contribution is 0.594. The van der Waals surface area contributed by atoms with Gasteiger partial charge in [0.25, 0.3) is 10.0 Å². The van der Waals surface area contributed by atoms with Crippen LogP contribution in [0.25, 0.3) is 0 Å². The van der Waals surface area contributed by atoms with Gasteiger partial charge in [0.15, 0.2) is 5.03 Å². The summed E-state index contributed by atoms with van der Waals surface area (Å²) in [5.41, 5.74) is 1.72. The molecular formula is C14H18FN3O2S. The molecule has 2 aromatic rings. The second-order valence-corrected chi connectivity index (χ2v) is 6.50. The maximum atomic E-state index is 13.4. The summed E-state index contributed by atoms with van der Waals surface area (Å²) in [5.74, 6) is 0.310. The summed E-state index contributed by atoms with van der Waals surface area (Å²) in [6.45, 7) is 4.22. The maximum Gasteiger partial charge on any atom is 0.257 e. The van der Waals surface area contributed by atoms with Crippen LogP contribution in [0.5, 0.6) is 0 Å². The molecule has 2 rings (SSSR count). The van der Waals surface area contributed by atoms with E-state index in [1.165, 1.54) is 18.3 Å². The molecule has 2 N–H and O–H groups in total. The minimum atomic E-state index is -3.84. The van der Waals surface area contributed by atoms with Gasteiger partial charge >= 0.3 is 0 Å². The van der Waals surface area contributed by atoms with Crippen LogP contribution in [-0.2, 0) is 23.0 Å². The summed E-state index contributed by atoms with van der Waals surface area (Å²) >= 11 is 0. The molecule has 0 bridgehead atoms. The van der Waals surface area contributed by atoms with Crippen LogP contribution in [0.1, 0.15) is 30.3 Å². The van der Waals surface area contributed by atoms with E-state index in [1.807, 2.05) is 13.8 Å². The van der Waals surface area contributed by atoms with Crippen molar-refractivity contribution in [2.24, 2.45) is 5.14 Å². The fourth-order valence-corrected chi connectivity index (χ4v) is 2.63. The van der Waals surface area contributed by atoms with Crippen LogP contribution in [0.15, 0.2) is 29.4 Å². The topological polar surface area (TPSA) is 78.0 Å². The molecule has 0 aliphatic carbocycles. The van der Waals surface area contributed by atoms with Crippen molar-refractivity contribution in [3.63, 3.8) is 0 Å². The lowest BCUT2D eigenvalue weighted by Gasteiger charge is -2.09. The number of primary sulfonamides is 1. The molecular weight excluding hydrogens is 293 g/mol. The molecule has 0 amide bonds. The van der Waals surface area contributed by atoms with E-state index in [-0.39, 0.29) is 10.8 Å². The van der Waals surface area contributed by atoms with Gasteiger partial charge in [-0.15, -0.1) is 0 Å². The first-order chi connectivity index (χ1) is 9.81. The highest BCUT2D eigenvalue weighted by Gasteiger charge is 2.16. The predicted octanol–water partition coefficient (Wildman–Crippen LogP) is 1.98. The molecule has 0 atom stereocenters. The minimum Gasteiger partial charge on any atom is -0.329 e. The van der Waals surface area contributed by atoms with Crippen molar-refractivity contribution in [3.05, 3.63) is 47.2 Å². The molecule has 114 valence electrons. The highest BCUT2D eigenvalue weighted by atomic mass is 32.2. The SMILES string of the molecule is CCCc1nc(S(N)(=O)=O)cn1Cc1cc(F)ccc1C. The van der Waals surface area contributed by atoms with Crippen molar-refractivity contribution in [1.82, 2.24) is 9.55 Å². The van der Waals surface area contributed by atoms with Crippen molar-refractivity contribution in [2.75, 3.05) is 0 Å². The molecule has 1 aromatic carbocycles. The smallest absolute Gasteiger partial charge is 0.257 e. The number of nitrogens with two attached hydrogens (primary N) is 1. The van der Waals surface area contributed by atoms with Crippen molar-refractivity contribution in [3.8, 4) is 0 Å². The molecule has 1 heterocycles. The van der Waals surface area contributed by atoms with Gasteiger partial charge in [0.05, 0.1) is 0 Å². The monoisotopic (exact) mass is 311 g/mol. The first-order valence-electron chi connectivity index (χ1n) is 6.65. The van der Waals surface area contributed by atoms with Crippen LogP contribution in [-0.4, -0.2) is 18.0 Å². The summed E-state index contributed by atoms with van der Waals surface area (Å²) in [4.78, 5) is 4.08. The normalized spacial score (nSPS) is 11.8. The zero-order valence-electron chi connectivity index (χ0n) is 12.0. The molecule has 0 saturated heterocycles. The molecule has 0 saturated carbocycles. The number of halogens is 1. The van der Waals surface area contributed by atoms with Gasteiger partial charge in [-0.2, -0.15) is 0 Å². The number of aromatic nitrogens is 2. The maximum absolute atomic E-state index is 13.4. The van der Waals surface area contributed by atoms with Gasteiger partial charge in [0.2, 0.25) is 0 Å². The zero-order valence-corrected chi connectivity index (χ0v) is 12.8. The Hall–Kier alpha value is -1.73. The molecule has 0 fully saturated rings. The van der Waals surface area contributed by atoms with Crippen molar-refractivity contribution >= 4 is 10.0 Å². The van der Waals surface area contributed by atoms with E-state index in [0.29, 0.717) is 18.8 Å². The standard InChI is InChI=1S/C14H18FN3O2S/c1-3-4-13-17-14(21(16,19)20)9-18(13)8-11-7-12(15)6-5-10(11)2/h5-7,9H,3-4,8H2,1-2H3,(H2,16,19,20). The van der Waals surface area contributed by atoms with Gasteiger partial charge in [-0.1, -0.05) is 13.0 Å². The highest BCUT2D eigenvalue weighted by Crippen LogP contribution is 2.16. The third kappa shape index (κ3) is 3.68. The largest absolute Gasteiger partial charge is 0.329 e. The molecule has 5 nitrogen and oxygen atoms in total. The number of rotatable bonds is 5. The van der Waals surface area contributed by atoms with Gasteiger partial charge in [0.1, 0.15) is 11.6 Å². The van der Waals surface area contributed by atoms with Gasteiger partial charge in [-0.3, -0.25) is 0 Å². The first-order valence-corrected chi connectivity index (χ1v) is 8.19. The van der Waals surface area contributed by atoms with Crippen LogP contribution >= 0.6 is 0 Å². The van der Waals surface area contributed by atoms with E-state index in [1.54, 1.807) is 10.6 Å². The van der Waals surface area contributed by atoms with Crippen molar-refractivity contribution in [2.45, 2.75) is 38.3 Å². The number of aryl methyl sites for hydroxylation is 2. The summed E-state index contributed by atoms with van der Waals surface area (Å²) < 4.78 is 37.9. The highest BCUT2D eigenvalue weighted by molar-refractivity contribution is 7.89. The van der Waals surface area contributed by atoms with Crippen LogP contribution in [0, 0.1) is 12.7 Å². The minimum absolute atomic E-state index is 0.153. The van der Waals surface area contributed by atoms with E-state index in [2.05, 4.69) is 4.98 Å². The Labute approximate surface area is 123 Å². The van der Waals surface area contributed by atoms with Crippen LogP contribution in [0.3, 0.4) is 0 Å². The molecule has 21 heavy (non-hydrogen) atoms. The quantitative estimate of drug-likeness (QED) is 0.917. The Bertz CT molecular complexity index is 754. The van der Waals surface area contributed by atoms with E-state index >= 15 is 0 Å². The Balaban J connectivity index is 2.43. The Morgan fingerprint density at radius 3 is 2.71 bits per heavy atom. The number of hydrogen-bond donors (Lipinski definition) is 1. The fraction of sp³-hybridized carbons (Fsp3) is 0.357. The van der Waals surface area contributed by atoms with E-state index < -0.39 is 10.0 Å². The number of imidazole rings is 1. The van der Waals surface area contributed by atoms with Crippen LogP contribution < -0.4 is 5.14 Å². The van der Waals surface area contributed by atoms with E-state index in [4.69, 9.17) is 5.14 Å². The van der Waals surface area contributed by atoms with Crippen molar-refractivity contribution < 1.29 is 12.8 Å². The van der Waals surface area contributed by atoms with Gasteiger partial charge in [0, 0.05) is 19.2 Å². The lowest BCUT2D eigenvalue weighted by Crippen LogP contribution is -2.12. The van der Waals surface area contributed by atoms with E-state index in [0.717, 1.165) is 17.5 Å². The summed E-state index contributed by atoms with van der Waals surface area (Å²) in [7, 11) is -3.84. The summed E-state index contributed by atoms with van der Waals surface area (Å²) in [6, 6.07) is 4.54. The van der Waals surface area contributed by atoms with Crippen molar-refractivity contribution in [1.29, 1.82) is 0 Å². The number of hydrogen-bond acceptors (Lipinski definition) is 3. The first kappa shape index (κ1) is 15.7. The number of nitrogens with zero attached hydrogens (tertiary/aromatic N) is 2. The number of sulfonamides is 1. The second-order valence-electron chi connectivity index (χ2n) is 4.99. The third-order valence-electron chi connectivity index (χ3n) is 3.25. The zero-order chi connectivity index (χ0) is 15.6. The van der Waals surface area contributed by atoms with Gasteiger partial charge in [-0.05, 0) is 36.6 Å². The average Bonchev–Trinajstić information content (AvgIpc) is 2.78. The molecule has 7 heteroatoms. The predicted molar refractivity (Wildman–Crippen MR) is 77.8 cm³/mol. The molecule has 0 aliphatic rings. The van der Waals surface area contributed by atoms with E-state index in [9.17, 15) is 12.8 Å². The average molecular weight is 311 g/mol. The molecule has 0 spiro atoms. The lowest BCUT2D eigenvalue weighted by atomic mass is 10.1. The number of benzene rings is 1. The van der Waals surface area contributed by atoms with Gasteiger partial charge in [-0.25, -0.2) is 22.9 Å². The fourth-order valence-electron chi connectivity index (χ4n) is 2.12. The molecule has 0 aliphatic heterocycles. The Kier molecular flexibility index (Phi) is 4.43. The Morgan fingerprint density at radius 2 is 2.10 bits per heavy atom. The van der Waals surface area contributed by atoms with Crippen LogP contribution in [0.2, 0.25) is 0 Å².